The summed E-state index contributed by atoms with van der Waals surface area (Å²) >= 11 is 0. The normalized spacial score (nSPS) is 11.1. The number of unbranched alkanes of at least 4 members (excludes halogenated alkanes) is 1. The van der Waals surface area contributed by atoms with Crippen LogP contribution in [0, 0.1) is 0 Å². The molecular formula is C28H37N3O7. The van der Waals surface area contributed by atoms with Crippen molar-refractivity contribution in [2.24, 2.45) is 5.73 Å². The molecule has 2 aromatic carbocycles. The van der Waals surface area contributed by atoms with Crippen molar-refractivity contribution < 1.29 is 34.0 Å². The van der Waals surface area contributed by atoms with Crippen molar-refractivity contribution >= 4 is 24.0 Å². The zero-order chi connectivity index (χ0) is 27.9. The van der Waals surface area contributed by atoms with Gasteiger partial charge in [0, 0.05) is 31.8 Å². The molecule has 0 radical (unpaired) electrons. The van der Waals surface area contributed by atoms with Crippen molar-refractivity contribution in [3.63, 3.8) is 0 Å². The summed E-state index contributed by atoms with van der Waals surface area (Å²) in [6.07, 6.45) is 8.26. The Bertz CT molecular complexity index is 1110. The number of phenols is 2. The maximum atomic E-state index is 12.8. The topological polar surface area (TPSA) is 144 Å². The fourth-order valence-electron chi connectivity index (χ4n) is 3.57. The van der Waals surface area contributed by atoms with Crippen LogP contribution in [0.5, 0.6) is 28.7 Å². The molecule has 38 heavy (non-hydrogen) atoms. The molecule has 0 bridgehead atoms. The van der Waals surface area contributed by atoms with E-state index >= 15 is 0 Å². The largest absolute Gasteiger partial charge is 0.504 e. The molecule has 10 nitrogen and oxygen atoms in total. The van der Waals surface area contributed by atoms with E-state index < -0.39 is 0 Å². The van der Waals surface area contributed by atoms with E-state index in [-0.39, 0.29) is 34.8 Å². The van der Waals surface area contributed by atoms with Crippen molar-refractivity contribution in [1.29, 1.82) is 0 Å². The molecule has 0 saturated heterocycles. The SMILES string of the molecule is COc1cc(C=CC(=O)N(CCCCN)CCCNC(=O)C=Cc2cc(OC)c(O)c(OC)c2)ccc1O. The summed E-state index contributed by atoms with van der Waals surface area (Å²) in [5, 5.41) is 22.5. The van der Waals surface area contributed by atoms with Crippen LogP contribution in [-0.4, -0.2) is 74.4 Å². The summed E-state index contributed by atoms with van der Waals surface area (Å²) in [4.78, 5) is 26.8. The van der Waals surface area contributed by atoms with Gasteiger partial charge in [-0.05, 0) is 73.4 Å². The highest BCUT2D eigenvalue weighted by molar-refractivity contribution is 5.92. The average molecular weight is 528 g/mol. The quantitative estimate of drug-likeness (QED) is 0.204. The van der Waals surface area contributed by atoms with E-state index in [4.69, 9.17) is 19.9 Å². The van der Waals surface area contributed by atoms with Crippen LogP contribution in [0.3, 0.4) is 0 Å². The lowest BCUT2D eigenvalue weighted by Gasteiger charge is -2.21. The number of nitrogens with zero attached hydrogens (tertiary/aromatic N) is 1. The Morgan fingerprint density at radius 2 is 1.47 bits per heavy atom. The Balaban J connectivity index is 1.92. The number of methoxy groups -OCH3 is 3. The van der Waals surface area contributed by atoms with Gasteiger partial charge in [0.05, 0.1) is 21.3 Å². The zero-order valence-corrected chi connectivity index (χ0v) is 22.1. The van der Waals surface area contributed by atoms with E-state index in [1.54, 1.807) is 41.3 Å². The van der Waals surface area contributed by atoms with Gasteiger partial charge in [-0.1, -0.05) is 6.07 Å². The summed E-state index contributed by atoms with van der Waals surface area (Å²) in [6.45, 7) is 1.94. The molecule has 0 atom stereocenters. The second kappa shape index (κ2) is 15.8. The highest BCUT2D eigenvalue weighted by Crippen LogP contribution is 2.37. The minimum atomic E-state index is -0.293. The molecule has 5 N–H and O–H groups in total. The third kappa shape index (κ3) is 9.36. The van der Waals surface area contributed by atoms with Crippen LogP contribution in [0.15, 0.2) is 42.5 Å². The molecule has 0 unspecified atom stereocenters. The Kier molecular flexibility index (Phi) is 12.5. The molecule has 0 spiro atoms. The van der Waals surface area contributed by atoms with Crippen molar-refractivity contribution in [3.8, 4) is 28.7 Å². The molecule has 0 heterocycles. The second-order valence-corrected chi connectivity index (χ2v) is 8.34. The first-order valence-electron chi connectivity index (χ1n) is 12.3. The number of hydrogen-bond acceptors (Lipinski definition) is 8. The number of carbonyl (C=O) groups excluding carboxylic acids is 2. The molecule has 0 aliphatic rings. The van der Waals surface area contributed by atoms with Crippen LogP contribution in [0.2, 0.25) is 0 Å². The summed E-state index contributed by atoms with van der Waals surface area (Å²) in [5.41, 5.74) is 6.95. The summed E-state index contributed by atoms with van der Waals surface area (Å²) in [7, 11) is 4.32. The van der Waals surface area contributed by atoms with Gasteiger partial charge in [-0.3, -0.25) is 9.59 Å². The first kappa shape index (κ1) is 30.0. The molecule has 206 valence electrons. The lowest BCUT2D eigenvalue weighted by molar-refractivity contribution is -0.126. The smallest absolute Gasteiger partial charge is 0.246 e. The number of nitrogens with one attached hydrogen (secondary N) is 1. The number of hydrogen-bond donors (Lipinski definition) is 4. The van der Waals surface area contributed by atoms with E-state index in [1.807, 2.05) is 0 Å². The molecule has 0 aromatic heterocycles. The van der Waals surface area contributed by atoms with Crippen LogP contribution < -0.4 is 25.3 Å². The third-order valence-corrected chi connectivity index (χ3v) is 5.65. The number of ether oxygens (including phenoxy) is 3. The van der Waals surface area contributed by atoms with E-state index in [9.17, 15) is 19.8 Å². The van der Waals surface area contributed by atoms with Gasteiger partial charge in [-0.25, -0.2) is 0 Å². The lowest BCUT2D eigenvalue weighted by atomic mass is 10.1. The molecule has 0 fully saturated rings. The molecule has 0 aliphatic heterocycles. The molecule has 0 aliphatic carbocycles. The first-order valence-corrected chi connectivity index (χ1v) is 12.3. The Labute approximate surface area is 223 Å². The van der Waals surface area contributed by atoms with Gasteiger partial charge in [0.1, 0.15) is 0 Å². The molecule has 2 aromatic rings. The van der Waals surface area contributed by atoms with E-state index in [1.165, 1.54) is 39.5 Å². The van der Waals surface area contributed by atoms with Crippen LogP contribution in [0.1, 0.15) is 30.4 Å². The maximum absolute atomic E-state index is 12.8. The molecule has 2 amide bonds. The van der Waals surface area contributed by atoms with Crippen LogP contribution >= 0.6 is 0 Å². The van der Waals surface area contributed by atoms with Crippen molar-refractivity contribution in [2.45, 2.75) is 19.3 Å². The van der Waals surface area contributed by atoms with Crippen molar-refractivity contribution in [2.75, 3.05) is 47.5 Å². The number of aromatic hydroxyl groups is 2. The van der Waals surface area contributed by atoms with Crippen molar-refractivity contribution in [3.05, 3.63) is 53.6 Å². The second-order valence-electron chi connectivity index (χ2n) is 8.34. The summed E-state index contributed by atoms with van der Waals surface area (Å²) < 4.78 is 15.4. The summed E-state index contributed by atoms with van der Waals surface area (Å²) in [6, 6.07) is 8.02. The van der Waals surface area contributed by atoms with Gasteiger partial charge in [0.2, 0.25) is 17.6 Å². The number of carbonyl (C=O) groups is 2. The van der Waals surface area contributed by atoms with Gasteiger partial charge >= 0.3 is 0 Å². The predicted molar refractivity (Wildman–Crippen MR) is 146 cm³/mol. The molecule has 2 rings (SSSR count). The molecule has 10 heteroatoms. The highest BCUT2D eigenvalue weighted by atomic mass is 16.5. The number of nitrogens with two attached hydrogens (primary N) is 1. The van der Waals surface area contributed by atoms with Gasteiger partial charge in [-0.15, -0.1) is 0 Å². The van der Waals surface area contributed by atoms with Gasteiger partial charge < -0.3 is 40.4 Å². The highest BCUT2D eigenvalue weighted by Gasteiger charge is 2.12. The van der Waals surface area contributed by atoms with Gasteiger partial charge in [-0.2, -0.15) is 0 Å². The zero-order valence-electron chi connectivity index (χ0n) is 22.1. The fourth-order valence-corrected chi connectivity index (χ4v) is 3.57. The summed E-state index contributed by atoms with van der Waals surface area (Å²) in [5.74, 6) is 0.269. The average Bonchev–Trinajstić information content (AvgIpc) is 2.93. The van der Waals surface area contributed by atoms with Crippen molar-refractivity contribution in [1.82, 2.24) is 10.2 Å². The Hall–Kier alpha value is -4.18. The third-order valence-electron chi connectivity index (χ3n) is 5.65. The van der Waals surface area contributed by atoms with E-state index in [0.717, 1.165) is 18.4 Å². The van der Waals surface area contributed by atoms with E-state index in [0.29, 0.717) is 43.9 Å². The Morgan fingerprint density at radius 3 is 2.11 bits per heavy atom. The lowest BCUT2D eigenvalue weighted by Crippen LogP contribution is -2.34. The first-order chi connectivity index (χ1) is 18.3. The maximum Gasteiger partial charge on any atom is 0.246 e. The number of amides is 2. The van der Waals surface area contributed by atoms with Crippen LogP contribution in [0.4, 0.5) is 0 Å². The molecule has 0 saturated carbocycles. The van der Waals surface area contributed by atoms with Gasteiger partial charge in [0.25, 0.3) is 0 Å². The fraction of sp³-hybridized carbons (Fsp3) is 0.357. The van der Waals surface area contributed by atoms with Gasteiger partial charge in [0.15, 0.2) is 23.0 Å². The van der Waals surface area contributed by atoms with Crippen LogP contribution in [-0.2, 0) is 9.59 Å². The van der Waals surface area contributed by atoms with Crippen LogP contribution in [0.25, 0.3) is 12.2 Å². The number of benzene rings is 2. The monoisotopic (exact) mass is 527 g/mol. The number of rotatable bonds is 15. The molecular weight excluding hydrogens is 490 g/mol. The predicted octanol–water partition coefficient (Wildman–Crippen LogP) is 2.92. The minimum Gasteiger partial charge on any atom is -0.504 e. The Morgan fingerprint density at radius 1 is 0.868 bits per heavy atom. The van der Waals surface area contributed by atoms with E-state index in [2.05, 4.69) is 5.32 Å². The number of phenolic OH excluding ortho intramolecular Hbond substituents is 2. The minimum absolute atomic E-state index is 0.0267. The standard InChI is InChI=1S/C28H37N3O7/c1-36-23-17-20(7-10-22(23)32)9-12-27(34)31(15-5-4-13-29)16-6-14-30-26(33)11-8-21-18-24(37-2)28(35)25(19-21)38-3/h7-12,17-19,32,35H,4-6,13-16,29H2,1-3H3,(H,30,33).